The largest absolute Gasteiger partial charge is 0.481 e. The molecule has 0 amide bonds. The average Bonchev–Trinajstić information content (AvgIpc) is 2.35. The van der Waals surface area contributed by atoms with Gasteiger partial charge in [-0.05, 0) is 31.5 Å². The van der Waals surface area contributed by atoms with Gasteiger partial charge in [0.1, 0.15) is 0 Å². The first kappa shape index (κ1) is 15.0. The molecule has 0 aliphatic carbocycles. The molecule has 1 aromatic rings. The summed E-state index contributed by atoms with van der Waals surface area (Å²) in [4.78, 5) is 12.7. The molecule has 100 valence electrons. The van der Waals surface area contributed by atoms with Gasteiger partial charge in [-0.1, -0.05) is 36.7 Å². The average molecular weight is 270 g/mol. The van der Waals surface area contributed by atoms with Crippen LogP contribution in [-0.2, 0) is 11.2 Å². The maximum absolute atomic E-state index is 10.6. The summed E-state index contributed by atoms with van der Waals surface area (Å²) < 4.78 is 0. The second kappa shape index (κ2) is 7.39. The van der Waals surface area contributed by atoms with Crippen molar-refractivity contribution < 1.29 is 9.90 Å². The van der Waals surface area contributed by atoms with E-state index in [4.69, 9.17) is 16.7 Å². The van der Waals surface area contributed by atoms with Crippen LogP contribution in [0.5, 0.6) is 0 Å². The van der Waals surface area contributed by atoms with E-state index in [1.807, 2.05) is 31.3 Å². The summed E-state index contributed by atoms with van der Waals surface area (Å²) in [5.41, 5.74) is 1.12. The molecule has 0 spiro atoms. The standard InChI is InChI=1S/C14H20ClNO2/c1-3-12(16(2)9-8-14(17)18)10-11-6-4-5-7-13(11)15/h4-7,12H,3,8-10H2,1-2H3,(H,17,18). The third kappa shape index (κ3) is 4.67. The summed E-state index contributed by atoms with van der Waals surface area (Å²) in [6.07, 6.45) is 2.00. The zero-order chi connectivity index (χ0) is 13.5. The van der Waals surface area contributed by atoms with Crippen molar-refractivity contribution in [2.45, 2.75) is 32.2 Å². The smallest absolute Gasteiger partial charge is 0.304 e. The summed E-state index contributed by atoms with van der Waals surface area (Å²) in [7, 11) is 1.97. The number of hydrogen-bond acceptors (Lipinski definition) is 2. The number of carboxylic acid groups (broad SMARTS) is 1. The highest BCUT2D eigenvalue weighted by atomic mass is 35.5. The Kier molecular flexibility index (Phi) is 6.16. The van der Waals surface area contributed by atoms with E-state index < -0.39 is 5.97 Å². The minimum Gasteiger partial charge on any atom is -0.481 e. The van der Waals surface area contributed by atoms with Gasteiger partial charge in [0.05, 0.1) is 6.42 Å². The SMILES string of the molecule is CCC(Cc1ccccc1Cl)N(C)CCC(=O)O. The predicted molar refractivity (Wildman–Crippen MR) is 74.1 cm³/mol. The zero-order valence-electron chi connectivity index (χ0n) is 10.9. The Morgan fingerprint density at radius 1 is 1.44 bits per heavy atom. The van der Waals surface area contributed by atoms with Gasteiger partial charge in [-0.25, -0.2) is 0 Å². The molecule has 1 atom stereocenters. The topological polar surface area (TPSA) is 40.5 Å². The van der Waals surface area contributed by atoms with Crippen LogP contribution in [0.25, 0.3) is 0 Å². The fraction of sp³-hybridized carbons (Fsp3) is 0.500. The Labute approximate surface area is 113 Å². The lowest BCUT2D eigenvalue weighted by atomic mass is 10.0. The molecule has 1 unspecified atom stereocenters. The Bertz CT molecular complexity index is 395. The first-order valence-electron chi connectivity index (χ1n) is 6.20. The van der Waals surface area contributed by atoms with Crippen molar-refractivity contribution in [3.8, 4) is 0 Å². The number of hydrogen-bond donors (Lipinski definition) is 1. The van der Waals surface area contributed by atoms with Gasteiger partial charge in [-0.2, -0.15) is 0 Å². The van der Waals surface area contributed by atoms with Gasteiger partial charge >= 0.3 is 5.97 Å². The molecular formula is C14H20ClNO2. The Hall–Kier alpha value is -1.06. The lowest BCUT2D eigenvalue weighted by Gasteiger charge is -2.27. The highest BCUT2D eigenvalue weighted by Gasteiger charge is 2.15. The number of halogens is 1. The highest BCUT2D eigenvalue weighted by molar-refractivity contribution is 6.31. The van der Waals surface area contributed by atoms with E-state index in [0.717, 1.165) is 23.4 Å². The third-order valence-electron chi connectivity index (χ3n) is 3.19. The molecule has 4 heteroatoms. The molecule has 0 saturated carbocycles. The number of likely N-dealkylation sites (N-methyl/N-ethyl adjacent to an activating group) is 1. The van der Waals surface area contributed by atoms with Crippen LogP contribution in [0.15, 0.2) is 24.3 Å². The van der Waals surface area contributed by atoms with E-state index in [-0.39, 0.29) is 6.42 Å². The van der Waals surface area contributed by atoms with Gasteiger partial charge in [-0.15, -0.1) is 0 Å². The fourth-order valence-corrected chi connectivity index (χ4v) is 2.20. The quantitative estimate of drug-likeness (QED) is 0.827. The number of aliphatic carboxylic acids is 1. The van der Waals surface area contributed by atoms with Crippen LogP contribution in [0.3, 0.4) is 0 Å². The maximum atomic E-state index is 10.6. The van der Waals surface area contributed by atoms with Crippen molar-refractivity contribution in [2.75, 3.05) is 13.6 Å². The molecule has 18 heavy (non-hydrogen) atoms. The van der Waals surface area contributed by atoms with Crippen LogP contribution >= 0.6 is 11.6 Å². The molecule has 0 radical (unpaired) electrons. The van der Waals surface area contributed by atoms with Gasteiger partial charge < -0.3 is 10.0 Å². The van der Waals surface area contributed by atoms with Crippen molar-refractivity contribution in [2.24, 2.45) is 0 Å². The predicted octanol–water partition coefficient (Wildman–Crippen LogP) is 3.07. The molecule has 3 nitrogen and oxygen atoms in total. The van der Waals surface area contributed by atoms with Crippen LogP contribution in [-0.4, -0.2) is 35.6 Å². The van der Waals surface area contributed by atoms with Crippen LogP contribution < -0.4 is 0 Å². The van der Waals surface area contributed by atoms with Crippen LogP contribution in [0.1, 0.15) is 25.3 Å². The molecule has 1 N–H and O–H groups in total. The summed E-state index contributed by atoms with van der Waals surface area (Å²) in [6, 6.07) is 8.13. The number of carboxylic acids is 1. The molecule has 0 aromatic heterocycles. The normalized spacial score (nSPS) is 12.7. The molecule has 1 rings (SSSR count). The van der Waals surface area contributed by atoms with Crippen LogP contribution in [0.2, 0.25) is 5.02 Å². The van der Waals surface area contributed by atoms with E-state index in [0.29, 0.717) is 12.6 Å². The molecule has 0 heterocycles. The highest BCUT2D eigenvalue weighted by Crippen LogP contribution is 2.19. The zero-order valence-corrected chi connectivity index (χ0v) is 11.7. The van der Waals surface area contributed by atoms with Gasteiger partial charge in [0.2, 0.25) is 0 Å². The Balaban J connectivity index is 2.61. The second-order valence-electron chi connectivity index (χ2n) is 4.48. The molecule has 1 aromatic carbocycles. The second-order valence-corrected chi connectivity index (χ2v) is 4.89. The van der Waals surface area contributed by atoms with Crippen molar-refractivity contribution in [3.05, 3.63) is 34.9 Å². The third-order valence-corrected chi connectivity index (χ3v) is 3.56. The maximum Gasteiger partial charge on any atom is 0.304 e. The number of nitrogens with zero attached hydrogens (tertiary/aromatic N) is 1. The van der Waals surface area contributed by atoms with Crippen LogP contribution in [0, 0.1) is 0 Å². The van der Waals surface area contributed by atoms with Crippen molar-refractivity contribution in [3.63, 3.8) is 0 Å². The Morgan fingerprint density at radius 2 is 2.11 bits per heavy atom. The van der Waals surface area contributed by atoms with Crippen molar-refractivity contribution >= 4 is 17.6 Å². The van der Waals surface area contributed by atoms with E-state index in [2.05, 4.69) is 11.8 Å². The van der Waals surface area contributed by atoms with E-state index >= 15 is 0 Å². The van der Waals surface area contributed by atoms with Crippen molar-refractivity contribution in [1.29, 1.82) is 0 Å². The number of carbonyl (C=O) groups is 1. The van der Waals surface area contributed by atoms with Gasteiger partial charge in [0.25, 0.3) is 0 Å². The molecular weight excluding hydrogens is 250 g/mol. The first-order chi connectivity index (χ1) is 8.54. The summed E-state index contributed by atoms with van der Waals surface area (Å²) >= 11 is 6.14. The minimum absolute atomic E-state index is 0.176. The lowest BCUT2D eigenvalue weighted by molar-refractivity contribution is -0.137. The molecule has 0 fully saturated rings. The first-order valence-corrected chi connectivity index (χ1v) is 6.57. The summed E-state index contributed by atoms with van der Waals surface area (Å²) in [5, 5.41) is 9.48. The number of rotatable bonds is 7. The number of benzene rings is 1. The molecule has 0 saturated heterocycles. The van der Waals surface area contributed by atoms with Gasteiger partial charge in [-0.3, -0.25) is 4.79 Å². The Morgan fingerprint density at radius 3 is 2.67 bits per heavy atom. The van der Waals surface area contributed by atoms with Crippen LogP contribution in [0.4, 0.5) is 0 Å². The summed E-state index contributed by atoms with van der Waals surface area (Å²) in [5.74, 6) is -0.755. The van der Waals surface area contributed by atoms with Gasteiger partial charge in [0.15, 0.2) is 0 Å². The van der Waals surface area contributed by atoms with E-state index in [1.54, 1.807) is 0 Å². The molecule has 0 aliphatic rings. The molecule has 0 bridgehead atoms. The monoisotopic (exact) mass is 269 g/mol. The molecule has 0 aliphatic heterocycles. The van der Waals surface area contributed by atoms with E-state index in [1.165, 1.54) is 0 Å². The summed E-state index contributed by atoms with van der Waals surface area (Å²) in [6.45, 7) is 2.68. The lowest BCUT2D eigenvalue weighted by Crippen LogP contribution is -2.34. The van der Waals surface area contributed by atoms with Crippen molar-refractivity contribution in [1.82, 2.24) is 4.90 Å². The minimum atomic E-state index is -0.755. The fourth-order valence-electron chi connectivity index (χ4n) is 1.98. The van der Waals surface area contributed by atoms with E-state index in [9.17, 15) is 4.79 Å². The van der Waals surface area contributed by atoms with Gasteiger partial charge in [0, 0.05) is 17.6 Å².